The first kappa shape index (κ1) is 20.0. The van der Waals surface area contributed by atoms with Crippen LogP contribution in [0.15, 0.2) is 18.2 Å². The Morgan fingerprint density at radius 2 is 2.04 bits per heavy atom. The molecule has 1 aromatic carbocycles. The van der Waals surface area contributed by atoms with Crippen molar-refractivity contribution in [2.45, 2.75) is 25.3 Å². The van der Waals surface area contributed by atoms with Crippen LogP contribution in [0.5, 0.6) is 0 Å². The van der Waals surface area contributed by atoms with Crippen LogP contribution in [0.1, 0.15) is 29.6 Å². The van der Waals surface area contributed by atoms with Gasteiger partial charge in [-0.25, -0.2) is 0 Å². The number of carbonyl (C=O) groups is 2. The fourth-order valence-corrected chi connectivity index (χ4v) is 2.81. The molecule has 2 amide bonds. The summed E-state index contributed by atoms with van der Waals surface area (Å²) in [5.41, 5.74) is 5.85. The molecule has 23 heavy (non-hydrogen) atoms. The first-order valence-electron chi connectivity index (χ1n) is 7.28. The van der Waals surface area contributed by atoms with E-state index in [1.807, 2.05) is 0 Å². The van der Waals surface area contributed by atoms with Gasteiger partial charge >= 0.3 is 0 Å². The van der Waals surface area contributed by atoms with E-state index in [0.717, 1.165) is 12.8 Å². The number of benzene rings is 1. The molecule has 0 saturated carbocycles. The highest BCUT2D eigenvalue weighted by molar-refractivity contribution is 6.42. The standard InChI is InChI=1S/C15H19Cl2N3O2.ClH/c16-11-5-4-10(9-12(11)17)15(22)20-8-1-3-13(20)14(21)19-7-2-6-18;/h4-5,9,13H,1-3,6-8,18H2,(H,19,21);1H. The van der Waals surface area contributed by atoms with E-state index < -0.39 is 6.04 Å². The molecule has 5 nitrogen and oxygen atoms in total. The Kier molecular flexibility index (Phi) is 8.12. The fraction of sp³-hybridized carbons (Fsp3) is 0.467. The molecule has 1 aromatic rings. The van der Waals surface area contributed by atoms with Crippen LogP contribution in [0.25, 0.3) is 0 Å². The van der Waals surface area contributed by atoms with E-state index in [1.54, 1.807) is 17.0 Å². The number of halogens is 3. The number of nitrogens with one attached hydrogen (secondary N) is 1. The maximum absolute atomic E-state index is 12.6. The Labute approximate surface area is 151 Å². The lowest BCUT2D eigenvalue weighted by Crippen LogP contribution is -2.46. The quantitative estimate of drug-likeness (QED) is 0.771. The highest BCUT2D eigenvalue weighted by Crippen LogP contribution is 2.25. The summed E-state index contributed by atoms with van der Waals surface area (Å²) < 4.78 is 0. The second-order valence-corrected chi connectivity index (χ2v) is 6.03. The zero-order chi connectivity index (χ0) is 16.1. The van der Waals surface area contributed by atoms with Crippen LogP contribution in [-0.2, 0) is 4.79 Å². The Morgan fingerprint density at radius 1 is 1.30 bits per heavy atom. The van der Waals surface area contributed by atoms with Crippen LogP contribution in [0.4, 0.5) is 0 Å². The van der Waals surface area contributed by atoms with Gasteiger partial charge in [-0.05, 0) is 44.0 Å². The number of amides is 2. The smallest absolute Gasteiger partial charge is 0.254 e. The van der Waals surface area contributed by atoms with E-state index in [4.69, 9.17) is 28.9 Å². The van der Waals surface area contributed by atoms with Crippen LogP contribution in [-0.4, -0.2) is 42.4 Å². The van der Waals surface area contributed by atoms with Gasteiger partial charge in [0.25, 0.3) is 5.91 Å². The molecule has 1 saturated heterocycles. The lowest BCUT2D eigenvalue weighted by atomic mass is 10.1. The normalized spacial score (nSPS) is 16.8. The van der Waals surface area contributed by atoms with E-state index in [1.165, 1.54) is 6.07 Å². The number of nitrogens with two attached hydrogens (primary N) is 1. The number of likely N-dealkylation sites (tertiary alicyclic amines) is 1. The van der Waals surface area contributed by atoms with Crippen molar-refractivity contribution >= 4 is 47.4 Å². The number of hydrogen-bond donors (Lipinski definition) is 2. The van der Waals surface area contributed by atoms with Crippen molar-refractivity contribution in [2.75, 3.05) is 19.6 Å². The van der Waals surface area contributed by atoms with Gasteiger partial charge in [0.05, 0.1) is 10.0 Å². The van der Waals surface area contributed by atoms with Gasteiger partial charge in [-0.2, -0.15) is 0 Å². The van der Waals surface area contributed by atoms with Gasteiger partial charge in [-0.1, -0.05) is 23.2 Å². The number of hydrogen-bond acceptors (Lipinski definition) is 3. The molecule has 128 valence electrons. The summed E-state index contributed by atoms with van der Waals surface area (Å²) in [4.78, 5) is 26.4. The highest BCUT2D eigenvalue weighted by Gasteiger charge is 2.34. The van der Waals surface area contributed by atoms with E-state index in [9.17, 15) is 9.59 Å². The average Bonchev–Trinajstić information content (AvgIpc) is 2.99. The van der Waals surface area contributed by atoms with Crippen LogP contribution < -0.4 is 11.1 Å². The maximum atomic E-state index is 12.6. The largest absolute Gasteiger partial charge is 0.354 e. The lowest BCUT2D eigenvalue weighted by Gasteiger charge is -2.24. The topological polar surface area (TPSA) is 75.4 Å². The second-order valence-electron chi connectivity index (χ2n) is 5.22. The summed E-state index contributed by atoms with van der Waals surface area (Å²) in [6.45, 7) is 1.62. The molecule has 0 aliphatic carbocycles. The lowest BCUT2D eigenvalue weighted by molar-refractivity contribution is -0.124. The van der Waals surface area contributed by atoms with Gasteiger partial charge in [0.2, 0.25) is 5.91 Å². The Balaban J connectivity index is 0.00000264. The number of carbonyl (C=O) groups excluding carboxylic acids is 2. The third kappa shape index (κ3) is 4.98. The third-order valence-corrected chi connectivity index (χ3v) is 4.40. The van der Waals surface area contributed by atoms with Crippen LogP contribution in [0.2, 0.25) is 10.0 Å². The van der Waals surface area contributed by atoms with Gasteiger partial charge in [-0.15, -0.1) is 12.4 Å². The van der Waals surface area contributed by atoms with Crippen molar-refractivity contribution < 1.29 is 9.59 Å². The van der Waals surface area contributed by atoms with Crippen molar-refractivity contribution in [3.8, 4) is 0 Å². The predicted octanol–water partition coefficient (Wildman–Crippen LogP) is 2.48. The minimum absolute atomic E-state index is 0. The van der Waals surface area contributed by atoms with Gasteiger partial charge in [0, 0.05) is 18.7 Å². The summed E-state index contributed by atoms with van der Waals surface area (Å²) in [7, 11) is 0. The molecule has 3 N–H and O–H groups in total. The van der Waals surface area contributed by atoms with Crippen molar-refractivity contribution in [2.24, 2.45) is 5.73 Å². The molecule has 1 aliphatic heterocycles. The van der Waals surface area contributed by atoms with Crippen LogP contribution >= 0.6 is 35.6 Å². The van der Waals surface area contributed by atoms with E-state index in [0.29, 0.717) is 41.7 Å². The van der Waals surface area contributed by atoms with Crippen molar-refractivity contribution in [3.63, 3.8) is 0 Å². The summed E-state index contributed by atoms with van der Waals surface area (Å²) in [6, 6.07) is 4.31. The van der Waals surface area contributed by atoms with Crippen molar-refractivity contribution in [3.05, 3.63) is 33.8 Å². The molecule has 0 spiro atoms. The molecule has 1 fully saturated rings. The molecule has 1 unspecified atom stereocenters. The molecular formula is C15H20Cl3N3O2. The Morgan fingerprint density at radius 3 is 2.70 bits per heavy atom. The molecule has 0 bridgehead atoms. The number of nitrogens with zero attached hydrogens (tertiary/aromatic N) is 1. The van der Waals surface area contributed by atoms with Gasteiger partial charge < -0.3 is 16.0 Å². The second kappa shape index (κ2) is 9.33. The van der Waals surface area contributed by atoms with Gasteiger partial charge in [-0.3, -0.25) is 9.59 Å². The first-order valence-corrected chi connectivity index (χ1v) is 8.04. The average molecular weight is 381 g/mol. The summed E-state index contributed by atoms with van der Waals surface area (Å²) in [6.07, 6.45) is 2.20. The minimum atomic E-state index is -0.431. The monoisotopic (exact) mass is 379 g/mol. The molecular weight excluding hydrogens is 361 g/mol. The fourth-order valence-electron chi connectivity index (χ4n) is 2.51. The van der Waals surface area contributed by atoms with Gasteiger partial charge in [0.15, 0.2) is 0 Å². The SMILES string of the molecule is Cl.NCCCNC(=O)C1CCCN1C(=O)c1ccc(Cl)c(Cl)c1. The molecule has 0 aromatic heterocycles. The predicted molar refractivity (Wildman–Crippen MR) is 94.4 cm³/mol. The zero-order valence-corrected chi connectivity index (χ0v) is 14.9. The van der Waals surface area contributed by atoms with Crippen molar-refractivity contribution in [1.29, 1.82) is 0 Å². The molecule has 2 rings (SSSR count). The van der Waals surface area contributed by atoms with Crippen LogP contribution in [0, 0.1) is 0 Å². The Hall–Kier alpha value is -1.01. The van der Waals surface area contributed by atoms with Crippen LogP contribution in [0.3, 0.4) is 0 Å². The summed E-state index contributed by atoms with van der Waals surface area (Å²) in [5, 5.41) is 3.55. The summed E-state index contributed by atoms with van der Waals surface area (Å²) in [5.74, 6) is -0.325. The van der Waals surface area contributed by atoms with Crippen molar-refractivity contribution in [1.82, 2.24) is 10.2 Å². The van der Waals surface area contributed by atoms with E-state index >= 15 is 0 Å². The molecule has 1 heterocycles. The molecule has 0 radical (unpaired) electrons. The number of rotatable bonds is 5. The maximum Gasteiger partial charge on any atom is 0.254 e. The molecule has 1 atom stereocenters. The van der Waals surface area contributed by atoms with E-state index in [-0.39, 0.29) is 24.2 Å². The van der Waals surface area contributed by atoms with Gasteiger partial charge in [0.1, 0.15) is 6.04 Å². The molecule has 8 heteroatoms. The summed E-state index contributed by atoms with van der Waals surface area (Å²) >= 11 is 11.8. The zero-order valence-electron chi connectivity index (χ0n) is 12.6. The Bertz CT molecular complexity index is 569. The molecule has 1 aliphatic rings. The van der Waals surface area contributed by atoms with E-state index in [2.05, 4.69) is 5.32 Å². The highest BCUT2D eigenvalue weighted by atomic mass is 35.5. The first-order chi connectivity index (χ1) is 10.5. The minimum Gasteiger partial charge on any atom is -0.354 e. The third-order valence-electron chi connectivity index (χ3n) is 3.66.